The number of rotatable bonds is 10. The van der Waals surface area contributed by atoms with E-state index in [-0.39, 0.29) is 29.8 Å². The molecule has 248 valence electrons. The molecule has 5 aromatic rings. The minimum Gasteiger partial charge on any atom is -0.321 e. The van der Waals surface area contributed by atoms with Crippen LogP contribution in [0, 0.1) is 0 Å². The van der Waals surface area contributed by atoms with Gasteiger partial charge in [0.2, 0.25) is 5.91 Å². The number of benzene rings is 5. The van der Waals surface area contributed by atoms with Crippen molar-refractivity contribution in [2.75, 3.05) is 10.3 Å². The maximum absolute atomic E-state index is 13.7. The lowest BCUT2D eigenvalue weighted by molar-refractivity contribution is -0.119. The number of hydrogen-bond donors (Lipinski definition) is 3. The van der Waals surface area contributed by atoms with Gasteiger partial charge in [0.05, 0.1) is 17.4 Å². The fourth-order valence-corrected chi connectivity index (χ4v) is 6.05. The number of carbonyl (C=O) groups is 4. The molecular weight excluding hydrogens is 647 g/mol. The molecule has 5 aromatic carbocycles. The molecule has 0 fully saturated rings. The number of para-hydroxylation sites is 1. The third-order valence-electron chi connectivity index (χ3n) is 7.68. The summed E-state index contributed by atoms with van der Waals surface area (Å²) in [5.74, 6) is -1.19. The van der Waals surface area contributed by atoms with Crippen molar-refractivity contribution in [3.63, 3.8) is 0 Å². The molecule has 9 nitrogen and oxygen atoms in total. The fraction of sp³-hybridized carbons (Fsp3) is 0.0750. The molecule has 0 radical (unpaired) electrons. The Labute approximate surface area is 294 Å². The third-order valence-corrected chi connectivity index (χ3v) is 8.77. The summed E-state index contributed by atoms with van der Waals surface area (Å²) >= 11 is 1.29. The summed E-state index contributed by atoms with van der Waals surface area (Å²) in [6.45, 7) is 1.75. The van der Waals surface area contributed by atoms with Crippen molar-refractivity contribution >= 4 is 58.7 Å². The van der Waals surface area contributed by atoms with E-state index in [0.29, 0.717) is 16.9 Å². The van der Waals surface area contributed by atoms with Crippen LogP contribution in [0.1, 0.15) is 29.3 Å². The van der Waals surface area contributed by atoms with Crippen LogP contribution in [-0.4, -0.2) is 34.7 Å². The Morgan fingerprint density at radius 1 is 0.760 bits per heavy atom. The van der Waals surface area contributed by atoms with Gasteiger partial charge in [0.25, 0.3) is 17.7 Å². The van der Waals surface area contributed by atoms with E-state index < -0.39 is 17.1 Å². The minimum absolute atomic E-state index is 0.00658. The number of hydrazone groups is 1. The quantitative estimate of drug-likeness (QED) is 0.107. The zero-order valence-electron chi connectivity index (χ0n) is 27.1. The molecule has 0 bridgehead atoms. The first-order chi connectivity index (χ1) is 24.3. The van der Waals surface area contributed by atoms with Gasteiger partial charge in [-0.3, -0.25) is 19.2 Å². The zero-order chi connectivity index (χ0) is 34.9. The number of nitrogens with zero attached hydrogens (tertiary/aromatic N) is 2. The largest absolute Gasteiger partial charge is 0.321 e. The highest BCUT2D eigenvalue weighted by Crippen LogP contribution is 2.27. The molecular formula is C40H33N5O4S. The molecule has 0 saturated heterocycles. The van der Waals surface area contributed by atoms with Gasteiger partial charge in [-0.1, -0.05) is 97.1 Å². The van der Waals surface area contributed by atoms with Crippen molar-refractivity contribution in [2.45, 2.75) is 23.5 Å². The summed E-state index contributed by atoms with van der Waals surface area (Å²) in [6, 6.07) is 42.4. The maximum Gasteiger partial charge on any atom is 0.272 e. The fourth-order valence-electron chi connectivity index (χ4n) is 5.13. The zero-order valence-corrected chi connectivity index (χ0v) is 27.9. The standard InChI is InChI=1S/C40H33N5O4S/c1-27(38(47)43-36-26-37(46)45(44-36)33-17-9-4-10-18-33)50-34-19-11-16-32(25-34)41-40(49)35(42-39(48)31-14-7-3-8-15-31)24-28-20-22-30(23-21-28)29-12-5-2-6-13-29/h2-25,27H,26H2,1H3,(H,41,49)(H,42,48)(H,43,44,47)/b35-24+. The Bertz CT molecular complexity index is 2070. The molecule has 0 spiro atoms. The van der Waals surface area contributed by atoms with Crippen LogP contribution in [0.15, 0.2) is 155 Å². The number of anilines is 2. The second-order valence-corrected chi connectivity index (χ2v) is 12.8. The molecule has 4 amide bonds. The SMILES string of the molecule is CC(Sc1cccc(NC(=O)/C(=C\c2ccc(-c3ccccc3)cc2)NC(=O)c2ccccc2)c1)C(=O)NC1=NN(c2ccccc2)C(=O)C1. The first-order valence-electron chi connectivity index (χ1n) is 15.9. The van der Waals surface area contributed by atoms with Crippen LogP contribution in [0.5, 0.6) is 0 Å². The number of thioether (sulfide) groups is 1. The second-order valence-electron chi connectivity index (χ2n) is 11.4. The summed E-state index contributed by atoms with van der Waals surface area (Å²) in [5, 5.41) is 13.5. The van der Waals surface area contributed by atoms with Gasteiger partial charge < -0.3 is 16.0 Å². The molecule has 0 saturated carbocycles. The molecule has 50 heavy (non-hydrogen) atoms. The Balaban J connectivity index is 1.14. The summed E-state index contributed by atoms with van der Waals surface area (Å²) in [4.78, 5) is 53.0. The van der Waals surface area contributed by atoms with Gasteiger partial charge in [-0.05, 0) is 72.2 Å². The van der Waals surface area contributed by atoms with Crippen molar-refractivity contribution in [1.29, 1.82) is 0 Å². The van der Waals surface area contributed by atoms with Crippen LogP contribution in [0.4, 0.5) is 11.4 Å². The number of amides is 4. The molecule has 1 heterocycles. The molecule has 1 unspecified atom stereocenters. The van der Waals surface area contributed by atoms with Crippen LogP contribution in [-0.2, 0) is 14.4 Å². The lowest BCUT2D eigenvalue weighted by Crippen LogP contribution is -2.35. The van der Waals surface area contributed by atoms with Gasteiger partial charge in [0.15, 0.2) is 0 Å². The molecule has 6 rings (SSSR count). The predicted octanol–water partition coefficient (Wildman–Crippen LogP) is 7.11. The number of hydrogen-bond acceptors (Lipinski definition) is 6. The van der Waals surface area contributed by atoms with E-state index in [1.807, 2.05) is 84.9 Å². The second kappa shape index (κ2) is 15.8. The molecule has 0 aromatic heterocycles. The van der Waals surface area contributed by atoms with Gasteiger partial charge in [0, 0.05) is 16.1 Å². The topological polar surface area (TPSA) is 120 Å². The van der Waals surface area contributed by atoms with Gasteiger partial charge in [-0.2, -0.15) is 10.1 Å². The van der Waals surface area contributed by atoms with Crippen LogP contribution in [0.2, 0.25) is 0 Å². The number of amidine groups is 1. The van der Waals surface area contributed by atoms with Crippen molar-refractivity contribution in [1.82, 2.24) is 10.6 Å². The normalized spacial score (nSPS) is 13.3. The Morgan fingerprint density at radius 3 is 2.10 bits per heavy atom. The first kappa shape index (κ1) is 33.6. The van der Waals surface area contributed by atoms with Crippen LogP contribution in [0.3, 0.4) is 0 Å². The van der Waals surface area contributed by atoms with E-state index >= 15 is 0 Å². The minimum atomic E-state index is -0.538. The van der Waals surface area contributed by atoms with Gasteiger partial charge in [-0.15, -0.1) is 11.8 Å². The summed E-state index contributed by atoms with van der Waals surface area (Å²) < 4.78 is 0. The van der Waals surface area contributed by atoms with Crippen molar-refractivity contribution < 1.29 is 19.2 Å². The lowest BCUT2D eigenvalue weighted by Gasteiger charge is -2.14. The highest BCUT2D eigenvalue weighted by molar-refractivity contribution is 8.00. The first-order valence-corrected chi connectivity index (χ1v) is 16.8. The molecule has 1 aliphatic rings. The highest BCUT2D eigenvalue weighted by Gasteiger charge is 2.27. The Hall–Kier alpha value is -6.26. The number of carbonyl (C=O) groups excluding carboxylic acids is 4. The van der Waals surface area contributed by atoms with Gasteiger partial charge >= 0.3 is 0 Å². The van der Waals surface area contributed by atoms with Gasteiger partial charge in [-0.25, -0.2) is 0 Å². The van der Waals surface area contributed by atoms with E-state index in [1.165, 1.54) is 16.8 Å². The van der Waals surface area contributed by atoms with Gasteiger partial charge in [0.1, 0.15) is 11.5 Å². The average Bonchev–Trinajstić information content (AvgIpc) is 3.52. The van der Waals surface area contributed by atoms with Crippen LogP contribution < -0.4 is 21.0 Å². The Morgan fingerprint density at radius 2 is 1.40 bits per heavy atom. The monoisotopic (exact) mass is 679 g/mol. The van der Waals surface area contributed by atoms with E-state index in [1.54, 1.807) is 67.6 Å². The van der Waals surface area contributed by atoms with Crippen LogP contribution in [0.25, 0.3) is 17.2 Å². The summed E-state index contributed by atoms with van der Waals surface area (Å²) in [6.07, 6.45) is 1.62. The smallest absolute Gasteiger partial charge is 0.272 e. The van der Waals surface area contributed by atoms with E-state index in [4.69, 9.17) is 0 Å². The van der Waals surface area contributed by atoms with Crippen molar-refractivity contribution in [3.05, 3.63) is 156 Å². The van der Waals surface area contributed by atoms with E-state index in [9.17, 15) is 19.2 Å². The average molecular weight is 680 g/mol. The molecule has 3 N–H and O–H groups in total. The van der Waals surface area contributed by atoms with Crippen molar-refractivity contribution in [3.8, 4) is 11.1 Å². The summed E-state index contributed by atoms with van der Waals surface area (Å²) in [7, 11) is 0. The van der Waals surface area contributed by atoms with Crippen molar-refractivity contribution in [2.24, 2.45) is 5.10 Å². The third kappa shape index (κ3) is 8.60. The van der Waals surface area contributed by atoms with E-state index in [0.717, 1.165) is 21.6 Å². The van der Waals surface area contributed by atoms with E-state index in [2.05, 4.69) is 21.1 Å². The predicted molar refractivity (Wildman–Crippen MR) is 198 cm³/mol. The Kier molecular flexibility index (Phi) is 10.6. The molecule has 10 heteroatoms. The van der Waals surface area contributed by atoms with Crippen LogP contribution >= 0.6 is 11.8 Å². The molecule has 1 aliphatic heterocycles. The lowest BCUT2D eigenvalue weighted by atomic mass is 10.0. The molecule has 1 atom stereocenters. The summed E-state index contributed by atoms with van der Waals surface area (Å²) in [5.41, 5.74) is 4.41. The number of nitrogens with one attached hydrogen (secondary N) is 3. The maximum atomic E-state index is 13.7. The highest BCUT2D eigenvalue weighted by atomic mass is 32.2. The molecule has 0 aliphatic carbocycles.